The molecule has 0 radical (unpaired) electrons. The Kier molecular flexibility index (Phi) is 5.27. The summed E-state index contributed by atoms with van der Waals surface area (Å²) in [6, 6.07) is 10.2. The Bertz CT molecular complexity index is 433. The van der Waals surface area contributed by atoms with Gasteiger partial charge in [-0.15, -0.1) is 0 Å². The van der Waals surface area contributed by atoms with E-state index >= 15 is 0 Å². The standard InChI is InChI=1S/C16H23F3N2/c1-21(10-9-16(17,18)19)15-11-13(7-8-14(15)20)12-5-3-2-4-6-12/h2-6,13-15H,7-11,20H2,1H3. The lowest BCUT2D eigenvalue weighted by atomic mass is 9.78. The molecule has 1 aliphatic rings. The molecule has 0 aromatic heterocycles. The highest BCUT2D eigenvalue weighted by molar-refractivity contribution is 5.20. The fraction of sp³-hybridized carbons (Fsp3) is 0.625. The van der Waals surface area contributed by atoms with Gasteiger partial charge in [0.1, 0.15) is 0 Å². The predicted molar refractivity (Wildman–Crippen MR) is 78.1 cm³/mol. The molecule has 0 bridgehead atoms. The van der Waals surface area contributed by atoms with E-state index in [1.807, 2.05) is 18.2 Å². The van der Waals surface area contributed by atoms with Crippen molar-refractivity contribution < 1.29 is 13.2 Å². The van der Waals surface area contributed by atoms with E-state index in [4.69, 9.17) is 5.73 Å². The maximum atomic E-state index is 12.4. The molecule has 3 atom stereocenters. The zero-order valence-electron chi connectivity index (χ0n) is 12.3. The third-order valence-corrected chi connectivity index (χ3v) is 4.45. The van der Waals surface area contributed by atoms with Gasteiger partial charge >= 0.3 is 6.18 Å². The zero-order chi connectivity index (χ0) is 15.5. The number of nitrogens with zero attached hydrogens (tertiary/aromatic N) is 1. The Morgan fingerprint density at radius 2 is 1.86 bits per heavy atom. The fourth-order valence-electron chi connectivity index (χ4n) is 3.17. The van der Waals surface area contributed by atoms with Gasteiger partial charge in [0.25, 0.3) is 0 Å². The second-order valence-electron chi connectivity index (χ2n) is 6.00. The Labute approximate surface area is 124 Å². The monoisotopic (exact) mass is 300 g/mol. The van der Waals surface area contributed by atoms with Crippen LogP contribution in [0.4, 0.5) is 13.2 Å². The van der Waals surface area contributed by atoms with Crippen LogP contribution in [0.15, 0.2) is 30.3 Å². The van der Waals surface area contributed by atoms with E-state index in [1.165, 1.54) is 5.56 Å². The number of benzene rings is 1. The van der Waals surface area contributed by atoms with E-state index in [0.717, 1.165) is 19.3 Å². The van der Waals surface area contributed by atoms with Crippen molar-refractivity contribution in [3.63, 3.8) is 0 Å². The van der Waals surface area contributed by atoms with Gasteiger partial charge in [-0.3, -0.25) is 0 Å². The molecular weight excluding hydrogens is 277 g/mol. The zero-order valence-corrected chi connectivity index (χ0v) is 12.3. The first-order valence-electron chi connectivity index (χ1n) is 7.44. The van der Waals surface area contributed by atoms with Crippen LogP contribution in [0.5, 0.6) is 0 Å². The van der Waals surface area contributed by atoms with Crippen LogP contribution in [0.25, 0.3) is 0 Å². The number of hydrogen-bond acceptors (Lipinski definition) is 2. The Balaban J connectivity index is 1.98. The van der Waals surface area contributed by atoms with E-state index in [1.54, 1.807) is 11.9 Å². The first-order valence-corrected chi connectivity index (χ1v) is 7.44. The average molecular weight is 300 g/mol. The number of rotatable bonds is 4. The minimum Gasteiger partial charge on any atom is -0.326 e. The van der Waals surface area contributed by atoms with Crippen molar-refractivity contribution in [3.05, 3.63) is 35.9 Å². The lowest BCUT2D eigenvalue weighted by Crippen LogP contribution is -2.50. The lowest BCUT2D eigenvalue weighted by Gasteiger charge is -2.40. The van der Waals surface area contributed by atoms with E-state index in [-0.39, 0.29) is 18.6 Å². The van der Waals surface area contributed by atoms with Gasteiger partial charge < -0.3 is 10.6 Å². The van der Waals surface area contributed by atoms with Crippen molar-refractivity contribution in [2.24, 2.45) is 5.73 Å². The molecule has 1 saturated carbocycles. The molecule has 118 valence electrons. The highest BCUT2D eigenvalue weighted by Crippen LogP contribution is 2.34. The molecule has 2 N–H and O–H groups in total. The third-order valence-electron chi connectivity index (χ3n) is 4.45. The summed E-state index contributed by atoms with van der Waals surface area (Å²) in [6.45, 7) is 0.0172. The second-order valence-corrected chi connectivity index (χ2v) is 6.00. The van der Waals surface area contributed by atoms with Crippen molar-refractivity contribution >= 4 is 0 Å². The highest BCUT2D eigenvalue weighted by Gasteiger charge is 2.34. The molecule has 1 aliphatic carbocycles. The molecular formula is C16H23F3N2. The lowest BCUT2D eigenvalue weighted by molar-refractivity contribution is -0.138. The summed E-state index contributed by atoms with van der Waals surface area (Å²) < 4.78 is 37.1. The third kappa shape index (κ3) is 4.71. The summed E-state index contributed by atoms with van der Waals surface area (Å²) in [7, 11) is 1.75. The summed E-state index contributed by atoms with van der Waals surface area (Å²) >= 11 is 0. The van der Waals surface area contributed by atoms with E-state index in [2.05, 4.69) is 12.1 Å². The Morgan fingerprint density at radius 3 is 2.48 bits per heavy atom. The number of alkyl halides is 3. The van der Waals surface area contributed by atoms with Gasteiger partial charge in [0.05, 0.1) is 6.42 Å². The van der Waals surface area contributed by atoms with Gasteiger partial charge in [0, 0.05) is 18.6 Å². The van der Waals surface area contributed by atoms with Gasteiger partial charge in [-0.05, 0) is 37.8 Å². The highest BCUT2D eigenvalue weighted by atomic mass is 19.4. The molecule has 2 rings (SSSR count). The topological polar surface area (TPSA) is 29.3 Å². The maximum absolute atomic E-state index is 12.4. The average Bonchev–Trinajstić information content (AvgIpc) is 2.45. The van der Waals surface area contributed by atoms with Crippen molar-refractivity contribution in [3.8, 4) is 0 Å². The van der Waals surface area contributed by atoms with Crippen molar-refractivity contribution in [1.82, 2.24) is 4.90 Å². The van der Waals surface area contributed by atoms with E-state index in [0.29, 0.717) is 5.92 Å². The minimum absolute atomic E-state index is 0.0172. The number of halogens is 3. The number of nitrogens with two attached hydrogens (primary N) is 1. The van der Waals surface area contributed by atoms with Crippen LogP contribution >= 0.6 is 0 Å². The summed E-state index contributed by atoms with van der Waals surface area (Å²) in [5.41, 5.74) is 7.40. The van der Waals surface area contributed by atoms with E-state index < -0.39 is 12.6 Å². The normalized spacial score (nSPS) is 27.0. The van der Waals surface area contributed by atoms with Crippen LogP contribution in [0, 0.1) is 0 Å². The minimum atomic E-state index is -4.11. The van der Waals surface area contributed by atoms with Crippen molar-refractivity contribution in [2.45, 2.75) is 49.9 Å². The summed E-state index contributed by atoms with van der Waals surface area (Å²) in [6.07, 6.45) is -2.18. The number of likely N-dealkylation sites (N-methyl/N-ethyl adjacent to an activating group) is 1. The van der Waals surface area contributed by atoms with Crippen LogP contribution in [-0.4, -0.2) is 36.8 Å². The molecule has 21 heavy (non-hydrogen) atoms. The molecule has 2 nitrogen and oxygen atoms in total. The smallest absolute Gasteiger partial charge is 0.326 e. The second kappa shape index (κ2) is 6.79. The van der Waals surface area contributed by atoms with Crippen molar-refractivity contribution in [1.29, 1.82) is 0 Å². The van der Waals surface area contributed by atoms with Gasteiger partial charge in [0.15, 0.2) is 0 Å². The molecule has 3 unspecified atom stereocenters. The van der Waals surface area contributed by atoms with Gasteiger partial charge in [-0.2, -0.15) is 13.2 Å². The van der Waals surface area contributed by atoms with Crippen LogP contribution in [0.2, 0.25) is 0 Å². The van der Waals surface area contributed by atoms with Crippen LogP contribution in [0.1, 0.15) is 37.2 Å². The van der Waals surface area contributed by atoms with Crippen molar-refractivity contribution in [2.75, 3.05) is 13.6 Å². The van der Waals surface area contributed by atoms with Crippen LogP contribution < -0.4 is 5.73 Å². The molecule has 1 aromatic rings. The van der Waals surface area contributed by atoms with Gasteiger partial charge in [-0.1, -0.05) is 30.3 Å². The van der Waals surface area contributed by atoms with Crippen LogP contribution in [0.3, 0.4) is 0 Å². The number of hydrogen-bond donors (Lipinski definition) is 1. The quantitative estimate of drug-likeness (QED) is 0.921. The summed E-state index contributed by atoms with van der Waals surface area (Å²) in [4.78, 5) is 1.78. The molecule has 0 saturated heterocycles. The molecule has 1 fully saturated rings. The van der Waals surface area contributed by atoms with Gasteiger partial charge in [-0.25, -0.2) is 0 Å². The molecule has 1 aromatic carbocycles. The Morgan fingerprint density at radius 1 is 1.19 bits per heavy atom. The molecule has 0 aliphatic heterocycles. The molecule has 0 heterocycles. The first kappa shape index (κ1) is 16.3. The summed E-state index contributed by atoms with van der Waals surface area (Å²) in [5.74, 6) is 0.393. The maximum Gasteiger partial charge on any atom is 0.390 e. The largest absolute Gasteiger partial charge is 0.390 e. The summed E-state index contributed by atoms with van der Waals surface area (Å²) in [5, 5.41) is 0. The SMILES string of the molecule is CN(CCC(F)(F)F)C1CC(c2ccccc2)CCC1N. The van der Waals surface area contributed by atoms with Gasteiger partial charge in [0.2, 0.25) is 0 Å². The Hall–Kier alpha value is -1.07. The first-order chi connectivity index (χ1) is 9.87. The van der Waals surface area contributed by atoms with Crippen LogP contribution in [-0.2, 0) is 0 Å². The van der Waals surface area contributed by atoms with E-state index in [9.17, 15) is 13.2 Å². The fourth-order valence-corrected chi connectivity index (χ4v) is 3.17. The molecule has 5 heteroatoms. The molecule has 0 spiro atoms. The predicted octanol–water partition coefficient (Wildman–Crippen LogP) is 3.53. The molecule has 0 amide bonds.